The number of ether oxygens (including phenoxy) is 2. The Bertz CT molecular complexity index is 1470. The van der Waals surface area contributed by atoms with Crippen LogP contribution in [0.2, 0.25) is 0 Å². The second kappa shape index (κ2) is 8.70. The zero-order valence-electron chi connectivity index (χ0n) is 18.8. The van der Waals surface area contributed by atoms with Crippen molar-refractivity contribution < 1.29 is 18.7 Å². The molecule has 0 fully saturated rings. The molecule has 0 aliphatic rings. The lowest BCUT2D eigenvalue weighted by atomic mass is 10.2. The van der Waals surface area contributed by atoms with Crippen molar-refractivity contribution in [3.63, 3.8) is 0 Å². The van der Waals surface area contributed by atoms with Crippen LogP contribution in [0.25, 0.3) is 16.8 Å². The first-order valence-corrected chi connectivity index (χ1v) is 10.5. The Kier molecular flexibility index (Phi) is 5.43. The molecule has 0 aliphatic carbocycles. The fraction of sp³-hybridized carbons (Fsp3) is 0.120. The Hall–Kier alpha value is -4.66. The predicted octanol–water partition coefficient (Wildman–Crippen LogP) is 5.08. The molecule has 1 N–H and O–H groups in total. The van der Waals surface area contributed by atoms with Crippen LogP contribution in [0.5, 0.6) is 17.4 Å². The molecule has 0 unspecified atom stereocenters. The maximum absolute atomic E-state index is 12.6. The molecule has 1 amide bonds. The van der Waals surface area contributed by atoms with Crippen LogP contribution >= 0.6 is 0 Å². The van der Waals surface area contributed by atoms with Crippen LogP contribution in [-0.2, 0) is 0 Å². The summed E-state index contributed by atoms with van der Waals surface area (Å²) in [7, 11) is 1.56. The third-order valence-corrected chi connectivity index (χ3v) is 5.14. The lowest BCUT2D eigenvalue weighted by Gasteiger charge is -2.07. The highest BCUT2D eigenvalue weighted by molar-refractivity contribution is 6.05. The van der Waals surface area contributed by atoms with Crippen LogP contribution in [-0.4, -0.2) is 33.0 Å². The van der Waals surface area contributed by atoms with E-state index in [0.29, 0.717) is 34.5 Å². The van der Waals surface area contributed by atoms with Crippen LogP contribution in [0, 0.1) is 13.8 Å². The number of furan rings is 1. The van der Waals surface area contributed by atoms with E-state index in [4.69, 9.17) is 13.9 Å². The maximum atomic E-state index is 12.6. The highest BCUT2D eigenvalue weighted by Crippen LogP contribution is 2.29. The number of hydrogen-bond acceptors (Lipinski definition) is 7. The van der Waals surface area contributed by atoms with Gasteiger partial charge in [-0.1, -0.05) is 12.1 Å². The smallest absolute Gasteiger partial charge is 0.291 e. The van der Waals surface area contributed by atoms with Crippen LogP contribution in [0.4, 0.5) is 5.69 Å². The Balaban J connectivity index is 1.25. The van der Waals surface area contributed by atoms with Gasteiger partial charge in [0.05, 0.1) is 12.8 Å². The number of fused-ring (bicyclic) bond motifs is 1. The monoisotopic (exact) mass is 455 g/mol. The van der Waals surface area contributed by atoms with Gasteiger partial charge in [0.1, 0.15) is 5.75 Å². The summed E-state index contributed by atoms with van der Waals surface area (Å²) in [5, 5.41) is 16.3. The van der Waals surface area contributed by atoms with E-state index < -0.39 is 0 Å². The summed E-state index contributed by atoms with van der Waals surface area (Å²) in [4.78, 5) is 12.6. The number of para-hydroxylation sites is 1. The average molecular weight is 455 g/mol. The second-order valence-corrected chi connectivity index (χ2v) is 7.64. The number of aromatic nitrogens is 4. The van der Waals surface area contributed by atoms with Crippen molar-refractivity contribution in [2.24, 2.45) is 0 Å². The summed E-state index contributed by atoms with van der Waals surface area (Å²) in [5.74, 6) is 1.91. The van der Waals surface area contributed by atoms with Crippen molar-refractivity contribution in [2.45, 2.75) is 13.8 Å². The molecule has 170 valence electrons. The summed E-state index contributed by atoms with van der Waals surface area (Å²) in [5.41, 5.74) is 3.01. The summed E-state index contributed by atoms with van der Waals surface area (Å²) < 4.78 is 18.5. The highest BCUT2D eigenvalue weighted by atomic mass is 16.5. The number of benzene rings is 2. The highest BCUT2D eigenvalue weighted by Gasteiger charge is 2.15. The van der Waals surface area contributed by atoms with E-state index in [0.717, 1.165) is 16.8 Å². The number of nitrogens with zero attached hydrogens (tertiary/aromatic N) is 4. The van der Waals surface area contributed by atoms with Crippen LogP contribution in [0.1, 0.15) is 21.9 Å². The minimum Gasteiger partial charge on any atom is -0.493 e. The lowest BCUT2D eigenvalue weighted by Crippen LogP contribution is -2.10. The van der Waals surface area contributed by atoms with Crippen molar-refractivity contribution in [3.8, 4) is 23.2 Å². The minimum absolute atomic E-state index is 0.192. The molecule has 0 aliphatic heterocycles. The third kappa shape index (κ3) is 4.18. The molecule has 34 heavy (non-hydrogen) atoms. The second-order valence-electron chi connectivity index (χ2n) is 7.64. The molecule has 0 radical (unpaired) electrons. The molecule has 0 saturated carbocycles. The van der Waals surface area contributed by atoms with Gasteiger partial charge >= 0.3 is 0 Å². The molecule has 5 aromatic rings. The number of amides is 1. The van der Waals surface area contributed by atoms with E-state index in [1.807, 2.05) is 32.0 Å². The van der Waals surface area contributed by atoms with E-state index >= 15 is 0 Å². The third-order valence-electron chi connectivity index (χ3n) is 5.14. The summed E-state index contributed by atoms with van der Waals surface area (Å²) in [6.45, 7) is 3.88. The van der Waals surface area contributed by atoms with Gasteiger partial charge in [-0.15, -0.1) is 10.2 Å². The standard InChI is InChI=1S/C25H21N5O4/c1-15-13-16(2)30(29-15)22-11-12-23(28-27-22)33-19-9-7-18(8-10-19)26-25(31)21-14-17-5-4-6-20(32-3)24(17)34-21/h4-14H,1-3H3,(H,26,31). The fourth-order valence-corrected chi connectivity index (χ4v) is 3.57. The van der Waals surface area contributed by atoms with Crippen molar-refractivity contribution in [3.05, 3.63) is 83.9 Å². The molecule has 0 saturated heterocycles. The van der Waals surface area contributed by atoms with Gasteiger partial charge in [0.15, 0.2) is 22.9 Å². The number of carbonyl (C=O) groups is 1. The van der Waals surface area contributed by atoms with Crippen molar-refractivity contribution in [1.29, 1.82) is 0 Å². The van der Waals surface area contributed by atoms with Crippen LogP contribution in [0.15, 0.2) is 71.1 Å². The Morgan fingerprint density at radius 1 is 1.00 bits per heavy atom. The number of hydrogen-bond donors (Lipinski definition) is 1. The molecule has 2 aromatic carbocycles. The topological polar surface area (TPSA) is 104 Å². The van der Waals surface area contributed by atoms with E-state index in [-0.39, 0.29) is 11.7 Å². The van der Waals surface area contributed by atoms with Gasteiger partial charge in [0, 0.05) is 22.8 Å². The molecule has 5 rings (SSSR count). The SMILES string of the molecule is COc1cccc2cc(C(=O)Nc3ccc(Oc4ccc(-n5nc(C)cc5C)nn4)cc3)oc12. The molecule has 9 nitrogen and oxygen atoms in total. The molecular formula is C25H21N5O4. The molecule has 3 aromatic heterocycles. The van der Waals surface area contributed by atoms with Crippen molar-refractivity contribution >= 4 is 22.6 Å². The molecule has 0 atom stereocenters. The number of rotatable bonds is 6. The number of aryl methyl sites for hydroxylation is 2. The van der Waals surface area contributed by atoms with Gasteiger partial charge in [-0.2, -0.15) is 5.10 Å². The number of carbonyl (C=O) groups excluding carboxylic acids is 1. The van der Waals surface area contributed by atoms with Crippen molar-refractivity contribution in [1.82, 2.24) is 20.0 Å². The zero-order valence-corrected chi connectivity index (χ0v) is 18.8. The van der Waals surface area contributed by atoms with Gasteiger partial charge in [0.2, 0.25) is 5.88 Å². The molecular weight excluding hydrogens is 434 g/mol. The largest absolute Gasteiger partial charge is 0.493 e. The summed E-state index contributed by atoms with van der Waals surface area (Å²) in [6, 6.07) is 19.6. The van der Waals surface area contributed by atoms with Gasteiger partial charge in [0.25, 0.3) is 5.91 Å². The Labute approximate surface area is 194 Å². The quantitative estimate of drug-likeness (QED) is 0.381. The number of anilines is 1. The normalized spacial score (nSPS) is 10.9. The predicted molar refractivity (Wildman–Crippen MR) is 126 cm³/mol. The van der Waals surface area contributed by atoms with Gasteiger partial charge in [-0.3, -0.25) is 4.79 Å². The summed E-state index contributed by atoms with van der Waals surface area (Å²) >= 11 is 0. The van der Waals surface area contributed by atoms with Gasteiger partial charge < -0.3 is 19.2 Å². The van der Waals surface area contributed by atoms with Crippen LogP contribution in [0.3, 0.4) is 0 Å². The molecule has 3 heterocycles. The van der Waals surface area contributed by atoms with E-state index in [9.17, 15) is 4.79 Å². The summed E-state index contributed by atoms with van der Waals surface area (Å²) in [6.07, 6.45) is 0. The van der Waals surface area contributed by atoms with Gasteiger partial charge in [-0.25, -0.2) is 4.68 Å². The zero-order chi connectivity index (χ0) is 23.7. The average Bonchev–Trinajstić information content (AvgIpc) is 3.43. The van der Waals surface area contributed by atoms with E-state index in [1.165, 1.54) is 0 Å². The molecule has 0 bridgehead atoms. The van der Waals surface area contributed by atoms with Crippen LogP contribution < -0.4 is 14.8 Å². The van der Waals surface area contributed by atoms with Gasteiger partial charge in [-0.05, 0) is 62.4 Å². The fourth-order valence-electron chi connectivity index (χ4n) is 3.57. The molecule has 0 spiro atoms. The first kappa shape index (κ1) is 21.2. The Morgan fingerprint density at radius 2 is 1.82 bits per heavy atom. The van der Waals surface area contributed by atoms with E-state index in [1.54, 1.807) is 60.3 Å². The van der Waals surface area contributed by atoms with Crippen molar-refractivity contribution in [2.75, 3.05) is 12.4 Å². The first-order chi connectivity index (χ1) is 16.5. The number of methoxy groups -OCH3 is 1. The minimum atomic E-state index is -0.363. The molecule has 9 heteroatoms. The number of nitrogens with one attached hydrogen (secondary N) is 1. The first-order valence-electron chi connectivity index (χ1n) is 10.5. The maximum Gasteiger partial charge on any atom is 0.291 e. The van der Waals surface area contributed by atoms with E-state index in [2.05, 4.69) is 20.6 Å². The lowest BCUT2D eigenvalue weighted by molar-refractivity contribution is 0.0998. The Morgan fingerprint density at radius 3 is 2.50 bits per heavy atom.